The molecule has 0 unspecified atom stereocenters. The fourth-order valence-electron chi connectivity index (χ4n) is 2.63. The van der Waals surface area contributed by atoms with E-state index >= 15 is 0 Å². The first kappa shape index (κ1) is 19.7. The number of ether oxygens (including phenoxy) is 1. The molecular formula is C17H17Cl3N2O3S. The largest absolute Gasteiger partial charge is 0.379 e. The van der Waals surface area contributed by atoms with Gasteiger partial charge in [0.2, 0.25) is 0 Å². The van der Waals surface area contributed by atoms with Crippen LogP contribution in [0.4, 0.5) is 5.69 Å². The molecule has 26 heavy (non-hydrogen) atoms. The van der Waals surface area contributed by atoms with Crippen molar-refractivity contribution < 1.29 is 13.2 Å². The van der Waals surface area contributed by atoms with Crippen LogP contribution in [0.2, 0.25) is 15.1 Å². The third-order valence-electron chi connectivity index (χ3n) is 4.02. The molecule has 140 valence electrons. The van der Waals surface area contributed by atoms with Gasteiger partial charge >= 0.3 is 0 Å². The van der Waals surface area contributed by atoms with Gasteiger partial charge in [0.05, 0.1) is 33.8 Å². The van der Waals surface area contributed by atoms with Gasteiger partial charge < -0.3 is 4.74 Å². The Morgan fingerprint density at radius 1 is 1.00 bits per heavy atom. The van der Waals surface area contributed by atoms with Crippen LogP contribution in [0, 0.1) is 0 Å². The smallest absolute Gasteiger partial charge is 0.261 e. The van der Waals surface area contributed by atoms with E-state index in [4.69, 9.17) is 39.5 Å². The first-order valence-corrected chi connectivity index (χ1v) is 10.5. The van der Waals surface area contributed by atoms with Crippen LogP contribution < -0.4 is 4.72 Å². The minimum atomic E-state index is -3.83. The highest BCUT2D eigenvalue weighted by Gasteiger charge is 2.19. The van der Waals surface area contributed by atoms with Gasteiger partial charge in [-0.1, -0.05) is 40.9 Å². The lowest BCUT2D eigenvalue weighted by molar-refractivity contribution is 0.0343. The molecule has 2 aromatic carbocycles. The molecule has 0 aliphatic carbocycles. The second-order valence-electron chi connectivity index (χ2n) is 5.87. The van der Waals surface area contributed by atoms with Crippen molar-refractivity contribution in [1.82, 2.24) is 4.90 Å². The summed E-state index contributed by atoms with van der Waals surface area (Å²) in [6, 6.07) is 9.34. The minimum Gasteiger partial charge on any atom is -0.379 e. The highest BCUT2D eigenvalue weighted by molar-refractivity contribution is 7.92. The summed E-state index contributed by atoms with van der Waals surface area (Å²) in [5.41, 5.74) is 1.27. The third kappa shape index (κ3) is 4.82. The normalized spacial score (nSPS) is 15.8. The summed E-state index contributed by atoms with van der Waals surface area (Å²) < 4.78 is 33.4. The minimum absolute atomic E-state index is 0.0317. The topological polar surface area (TPSA) is 58.6 Å². The fourth-order valence-corrected chi connectivity index (χ4v) is 4.28. The molecule has 0 atom stereocenters. The Hall–Kier alpha value is -1.02. The molecular weight excluding hydrogens is 419 g/mol. The van der Waals surface area contributed by atoms with E-state index < -0.39 is 10.0 Å². The average Bonchev–Trinajstić information content (AvgIpc) is 2.60. The zero-order chi connectivity index (χ0) is 18.7. The summed E-state index contributed by atoms with van der Waals surface area (Å²) in [6.07, 6.45) is 0. The van der Waals surface area contributed by atoms with Crippen LogP contribution in [-0.2, 0) is 21.3 Å². The number of morpholine rings is 1. The molecule has 0 saturated carbocycles. The van der Waals surface area contributed by atoms with Crippen LogP contribution in [0.1, 0.15) is 5.56 Å². The van der Waals surface area contributed by atoms with Gasteiger partial charge in [-0.25, -0.2) is 8.42 Å². The van der Waals surface area contributed by atoms with Crippen molar-refractivity contribution in [2.75, 3.05) is 31.0 Å². The summed E-state index contributed by atoms with van der Waals surface area (Å²) in [6.45, 7) is 3.51. The van der Waals surface area contributed by atoms with Gasteiger partial charge in [-0.05, 0) is 35.9 Å². The Kier molecular flexibility index (Phi) is 6.33. The molecule has 1 N–H and O–H groups in total. The Morgan fingerprint density at radius 2 is 1.73 bits per heavy atom. The number of hydrogen-bond donors (Lipinski definition) is 1. The predicted octanol–water partition coefficient (Wildman–Crippen LogP) is 4.28. The maximum Gasteiger partial charge on any atom is 0.261 e. The molecule has 0 aromatic heterocycles. The summed E-state index contributed by atoms with van der Waals surface area (Å²) in [5.74, 6) is 0. The summed E-state index contributed by atoms with van der Waals surface area (Å²) >= 11 is 17.9. The highest BCUT2D eigenvalue weighted by Crippen LogP contribution is 2.28. The first-order valence-electron chi connectivity index (χ1n) is 7.91. The number of halogens is 3. The Morgan fingerprint density at radius 3 is 2.42 bits per heavy atom. The van der Waals surface area contributed by atoms with E-state index in [1.54, 1.807) is 12.1 Å². The van der Waals surface area contributed by atoms with Crippen molar-refractivity contribution >= 4 is 50.5 Å². The standard InChI is InChI=1S/C17H17Cl3N2O3S/c18-13-2-1-12(11-22-5-7-25-8-6-22)17(9-13)21-26(23,24)14-3-4-15(19)16(20)10-14/h1-4,9-10,21H,5-8,11H2. The molecule has 1 aliphatic heterocycles. The van der Waals surface area contributed by atoms with Gasteiger partial charge in [0, 0.05) is 24.7 Å². The van der Waals surface area contributed by atoms with E-state index in [9.17, 15) is 8.42 Å². The lowest BCUT2D eigenvalue weighted by Crippen LogP contribution is -2.35. The van der Waals surface area contributed by atoms with Crippen LogP contribution >= 0.6 is 34.8 Å². The van der Waals surface area contributed by atoms with E-state index in [1.807, 2.05) is 6.07 Å². The molecule has 1 saturated heterocycles. The van der Waals surface area contributed by atoms with Crippen molar-refractivity contribution in [2.45, 2.75) is 11.4 Å². The van der Waals surface area contributed by atoms with Crippen LogP contribution in [0.5, 0.6) is 0 Å². The summed E-state index contributed by atoms with van der Waals surface area (Å²) in [4.78, 5) is 2.23. The van der Waals surface area contributed by atoms with E-state index in [2.05, 4.69) is 9.62 Å². The molecule has 1 heterocycles. The molecule has 0 spiro atoms. The molecule has 0 radical (unpaired) electrons. The Balaban J connectivity index is 1.87. The Labute approximate surface area is 167 Å². The zero-order valence-corrected chi connectivity index (χ0v) is 16.8. The highest BCUT2D eigenvalue weighted by atomic mass is 35.5. The van der Waals surface area contributed by atoms with Crippen molar-refractivity contribution in [3.8, 4) is 0 Å². The number of sulfonamides is 1. The number of nitrogens with zero attached hydrogens (tertiary/aromatic N) is 1. The molecule has 2 aromatic rings. The molecule has 9 heteroatoms. The molecule has 0 amide bonds. The number of anilines is 1. The molecule has 3 rings (SSSR count). The van der Waals surface area contributed by atoms with Crippen molar-refractivity contribution in [2.24, 2.45) is 0 Å². The first-order chi connectivity index (χ1) is 12.3. The van der Waals surface area contributed by atoms with Gasteiger partial charge in [-0.2, -0.15) is 0 Å². The number of hydrogen-bond acceptors (Lipinski definition) is 4. The van der Waals surface area contributed by atoms with Crippen LogP contribution in [0.15, 0.2) is 41.3 Å². The van der Waals surface area contributed by atoms with Crippen LogP contribution in [0.25, 0.3) is 0 Å². The lowest BCUT2D eigenvalue weighted by Gasteiger charge is -2.27. The van der Waals surface area contributed by atoms with Crippen LogP contribution in [0.3, 0.4) is 0 Å². The van der Waals surface area contributed by atoms with Crippen molar-refractivity contribution in [3.05, 3.63) is 57.0 Å². The second-order valence-corrected chi connectivity index (χ2v) is 8.80. The summed E-state index contributed by atoms with van der Waals surface area (Å²) in [7, 11) is -3.83. The molecule has 1 aliphatic rings. The average molecular weight is 436 g/mol. The van der Waals surface area contributed by atoms with E-state index in [0.717, 1.165) is 18.7 Å². The van der Waals surface area contributed by atoms with Gasteiger partial charge in [0.15, 0.2) is 0 Å². The van der Waals surface area contributed by atoms with E-state index in [1.165, 1.54) is 18.2 Å². The predicted molar refractivity (Wildman–Crippen MR) is 105 cm³/mol. The lowest BCUT2D eigenvalue weighted by atomic mass is 10.1. The molecule has 0 bridgehead atoms. The van der Waals surface area contributed by atoms with Gasteiger partial charge in [-0.3, -0.25) is 9.62 Å². The van der Waals surface area contributed by atoms with E-state index in [-0.39, 0.29) is 9.92 Å². The molecule has 5 nitrogen and oxygen atoms in total. The van der Waals surface area contributed by atoms with Crippen molar-refractivity contribution in [1.29, 1.82) is 0 Å². The maximum absolute atomic E-state index is 12.7. The SMILES string of the molecule is O=S(=O)(Nc1cc(Cl)ccc1CN1CCOCC1)c1ccc(Cl)c(Cl)c1. The number of rotatable bonds is 5. The third-order valence-corrected chi connectivity index (χ3v) is 6.35. The number of nitrogens with one attached hydrogen (secondary N) is 1. The van der Waals surface area contributed by atoms with Gasteiger partial charge in [-0.15, -0.1) is 0 Å². The van der Waals surface area contributed by atoms with Crippen molar-refractivity contribution in [3.63, 3.8) is 0 Å². The summed E-state index contributed by atoms with van der Waals surface area (Å²) in [5, 5.41) is 0.915. The Bertz CT molecular complexity index is 900. The fraction of sp³-hybridized carbons (Fsp3) is 0.294. The van der Waals surface area contributed by atoms with Crippen LogP contribution in [-0.4, -0.2) is 39.6 Å². The molecule has 1 fully saturated rings. The number of benzene rings is 2. The van der Waals surface area contributed by atoms with Gasteiger partial charge in [0.25, 0.3) is 10.0 Å². The zero-order valence-electron chi connectivity index (χ0n) is 13.7. The quantitative estimate of drug-likeness (QED) is 0.761. The monoisotopic (exact) mass is 434 g/mol. The maximum atomic E-state index is 12.7. The second kappa shape index (κ2) is 8.33. The van der Waals surface area contributed by atoms with Gasteiger partial charge in [0.1, 0.15) is 0 Å². The van der Waals surface area contributed by atoms with E-state index in [0.29, 0.717) is 35.5 Å².